The summed E-state index contributed by atoms with van der Waals surface area (Å²) < 4.78 is 0. The third-order valence-corrected chi connectivity index (χ3v) is 3.79. The number of aliphatic hydroxyl groups is 1. The van der Waals surface area contributed by atoms with Crippen molar-refractivity contribution in [2.75, 3.05) is 24.2 Å². The number of carbonyl (C=O) groups excluding carboxylic acids is 1. The largest absolute Gasteiger partial charge is 0.395 e. The lowest BCUT2D eigenvalue weighted by atomic mass is 10.0. The first-order valence-electron chi connectivity index (χ1n) is 8.14. The predicted octanol–water partition coefficient (Wildman–Crippen LogP) is 2.39. The maximum absolute atomic E-state index is 12.0. The van der Waals surface area contributed by atoms with E-state index in [1.54, 1.807) is 24.4 Å². The fraction of sp³-hybridized carbons (Fsp3) is 0.158. The van der Waals surface area contributed by atoms with Crippen LogP contribution in [0.2, 0.25) is 0 Å². The molecule has 1 aromatic carbocycles. The van der Waals surface area contributed by atoms with Gasteiger partial charge >= 0.3 is 0 Å². The van der Waals surface area contributed by atoms with Crippen molar-refractivity contribution >= 4 is 17.5 Å². The Hall–Kier alpha value is -3.32. The molecule has 2 aromatic heterocycles. The highest BCUT2D eigenvalue weighted by Crippen LogP contribution is 2.27. The second-order valence-corrected chi connectivity index (χ2v) is 5.69. The molecule has 2 heterocycles. The van der Waals surface area contributed by atoms with Gasteiger partial charge in [0, 0.05) is 29.4 Å². The molecule has 132 valence electrons. The first-order chi connectivity index (χ1) is 12.6. The third-order valence-electron chi connectivity index (χ3n) is 3.79. The van der Waals surface area contributed by atoms with Crippen molar-refractivity contribution in [3.8, 4) is 22.5 Å². The molecule has 0 aliphatic rings. The van der Waals surface area contributed by atoms with E-state index in [-0.39, 0.29) is 12.4 Å². The van der Waals surface area contributed by atoms with Crippen LogP contribution in [0.3, 0.4) is 0 Å². The average molecular weight is 349 g/mol. The molecule has 0 fully saturated rings. The van der Waals surface area contributed by atoms with Gasteiger partial charge in [-0.3, -0.25) is 4.79 Å². The second kappa shape index (κ2) is 7.71. The van der Waals surface area contributed by atoms with Gasteiger partial charge in [0.2, 0.25) is 5.95 Å². The minimum Gasteiger partial charge on any atom is -0.395 e. The SMILES string of the molecule is CC(=O)c1ccccc1-c1cc(-c2ccc(N)nc2)nc(NCCO)n1. The first-order valence-corrected chi connectivity index (χ1v) is 8.14. The number of nitrogen functional groups attached to an aromatic ring is 1. The topological polar surface area (TPSA) is 114 Å². The molecule has 0 spiro atoms. The van der Waals surface area contributed by atoms with E-state index >= 15 is 0 Å². The fourth-order valence-electron chi connectivity index (χ4n) is 2.55. The summed E-state index contributed by atoms with van der Waals surface area (Å²) in [5, 5.41) is 12.0. The summed E-state index contributed by atoms with van der Waals surface area (Å²) in [7, 11) is 0. The number of nitrogens with two attached hydrogens (primary N) is 1. The Balaban J connectivity index is 2.14. The summed E-state index contributed by atoms with van der Waals surface area (Å²) in [6, 6.07) is 12.6. The molecule has 7 nitrogen and oxygen atoms in total. The highest BCUT2D eigenvalue weighted by atomic mass is 16.3. The molecule has 0 bridgehead atoms. The molecule has 0 aliphatic heterocycles. The maximum atomic E-state index is 12.0. The number of pyridine rings is 1. The van der Waals surface area contributed by atoms with Crippen LogP contribution >= 0.6 is 0 Å². The molecule has 0 unspecified atom stereocenters. The Morgan fingerprint density at radius 2 is 1.92 bits per heavy atom. The molecule has 0 amide bonds. The zero-order valence-corrected chi connectivity index (χ0v) is 14.3. The summed E-state index contributed by atoms with van der Waals surface area (Å²) >= 11 is 0. The summed E-state index contributed by atoms with van der Waals surface area (Å²) in [5.41, 5.74) is 8.98. The van der Waals surface area contributed by atoms with Crippen molar-refractivity contribution in [2.24, 2.45) is 0 Å². The van der Waals surface area contributed by atoms with Gasteiger partial charge in [-0.25, -0.2) is 15.0 Å². The van der Waals surface area contributed by atoms with E-state index in [1.807, 2.05) is 24.3 Å². The number of aromatic nitrogens is 3. The number of nitrogens with one attached hydrogen (secondary N) is 1. The zero-order chi connectivity index (χ0) is 18.5. The number of hydrogen-bond acceptors (Lipinski definition) is 7. The number of anilines is 2. The maximum Gasteiger partial charge on any atom is 0.223 e. The quantitative estimate of drug-likeness (QED) is 0.585. The summed E-state index contributed by atoms with van der Waals surface area (Å²) in [6.07, 6.45) is 1.63. The number of hydrogen-bond donors (Lipinski definition) is 3. The van der Waals surface area contributed by atoms with Crippen LogP contribution in [0, 0.1) is 0 Å². The lowest BCUT2D eigenvalue weighted by molar-refractivity contribution is 0.101. The molecular formula is C19H19N5O2. The van der Waals surface area contributed by atoms with E-state index < -0.39 is 0 Å². The Morgan fingerprint density at radius 3 is 2.62 bits per heavy atom. The van der Waals surface area contributed by atoms with Crippen molar-refractivity contribution < 1.29 is 9.90 Å². The van der Waals surface area contributed by atoms with Crippen LogP contribution in [0.1, 0.15) is 17.3 Å². The van der Waals surface area contributed by atoms with Gasteiger partial charge in [0.05, 0.1) is 18.0 Å². The monoisotopic (exact) mass is 349 g/mol. The number of ketones is 1. The molecular weight excluding hydrogens is 330 g/mol. The van der Waals surface area contributed by atoms with E-state index in [0.29, 0.717) is 35.3 Å². The summed E-state index contributed by atoms with van der Waals surface area (Å²) in [6.45, 7) is 1.80. The van der Waals surface area contributed by atoms with E-state index in [9.17, 15) is 4.79 Å². The van der Waals surface area contributed by atoms with Gasteiger partial charge in [0.15, 0.2) is 5.78 Å². The van der Waals surface area contributed by atoms with Crippen LogP contribution in [-0.2, 0) is 0 Å². The van der Waals surface area contributed by atoms with E-state index in [0.717, 1.165) is 11.1 Å². The van der Waals surface area contributed by atoms with Crippen molar-refractivity contribution in [3.63, 3.8) is 0 Å². The fourth-order valence-corrected chi connectivity index (χ4v) is 2.55. The summed E-state index contributed by atoms with van der Waals surface area (Å²) in [4.78, 5) is 25.0. The lowest BCUT2D eigenvalue weighted by Crippen LogP contribution is -2.10. The number of carbonyl (C=O) groups is 1. The molecule has 26 heavy (non-hydrogen) atoms. The Morgan fingerprint density at radius 1 is 1.15 bits per heavy atom. The lowest BCUT2D eigenvalue weighted by Gasteiger charge is -2.11. The highest BCUT2D eigenvalue weighted by molar-refractivity contribution is 6.00. The molecule has 4 N–H and O–H groups in total. The van der Waals surface area contributed by atoms with Gasteiger partial charge in [-0.1, -0.05) is 24.3 Å². The van der Waals surface area contributed by atoms with Crippen LogP contribution < -0.4 is 11.1 Å². The van der Waals surface area contributed by atoms with Crippen LogP contribution in [0.15, 0.2) is 48.7 Å². The van der Waals surface area contributed by atoms with Crippen LogP contribution in [0.4, 0.5) is 11.8 Å². The number of rotatable bonds is 6. The minimum atomic E-state index is -0.0453. The van der Waals surface area contributed by atoms with Crippen LogP contribution in [-0.4, -0.2) is 39.0 Å². The van der Waals surface area contributed by atoms with Gasteiger partial charge in [-0.2, -0.15) is 0 Å². The molecule has 0 aliphatic carbocycles. The number of nitrogens with zero attached hydrogens (tertiary/aromatic N) is 3. The molecule has 3 aromatic rings. The normalized spacial score (nSPS) is 10.5. The number of Topliss-reactive ketones (excluding diaryl/α,β-unsaturated/α-hetero) is 1. The van der Waals surface area contributed by atoms with Crippen molar-refractivity contribution in [2.45, 2.75) is 6.92 Å². The van der Waals surface area contributed by atoms with Gasteiger partial charge in [0.25, 0.3) is 0 Å². The Labute approximate surface area is 151 Å². The summed E-state index contributed by atoms with van der Waals surface area (Å²) in [5.74, 6) is 0.741. The standard InChI is InChI=1S/C19H19N5O2/c1-12(26)14-4-2-3-5-15(14)17-10-16(13-6-7-18(20)22-11-13)23-19(24-17)21-8-9-25/h2-7,10-11,25H,8-9H2,1H3,(H2,20,22)(H,21,23,24). The molecule has 3 rings (SSSR count). The molecule has 0 atom stereocenters. The minimum absolute atomic E-state index is 0.0419. The molecule has 0 saturated heterocycles. The van der Waals surface area contributed by atoms with E-state index in [2.05, 4.69) is 20.3 Å². The zero-order valence-electron chi connectivity index (χ0n) is 14.3. The Bertz CT molecular complexity index is 925. The first kappa shape index (κ1) is 17.5. The van der Waals surface area contributed by atoms with Crippen molar-refractivity contribution in [1.82, 2.24) is 15.0 Å². The van der Waals surface area contributed by atoms with Gasteiger partial charge in [-0.05, 0) is 25.1 Å². The van der Waals surface area contributed by atoms with Gasteiger partial charge in [-0.15, -0.1) is 0 Å². The smallest absolute Gasteiger partial charge is 0.223 e. The third kappa shape index (κ3) is 3.84. The highest BCUT2D eigenvalue weighted by Gasteiger charge is 2.13. The molecule has 0 saturated carbocycles. The second-order valence-electron chi connectivity index (χ2n) is 5.69. The predicted molar refractivity (Wildman–Crippen MR) is 101 cm³/mol. The van der Waals surface area contributed by atoms with Crippen LogP contribution in [0.25, 0.3) is 22.5 Å². The molecule has 7 heteroatoms. The van der Waals surface area contributed by atoms with E-state index in [1.165, 1.54) is 6.92 Å². The van der Waals surface area contributed by atoms with Crippen molar-refractivity contribution in [3.05, 3.63) is 54.2 Å². The number of benzene rings is 1. The van der Waals surface area contributed by atoms with E-state index in [4.69, 9.17) is 10.8 Å². The number of aliphatic hydroxyl groups excluding tert-OH is 1. The van der Waals surface area contributed by atoms with Crippen LogP contribution in [0.5, 0.6) is 0 Å². The average Bonchev–Trinajstić information content (AvgIpc) is 2.66. The van der Waals surface area contributed by atoms with Crippen molar-refractivity contribution in [1.29, 1.82) is 0 Å². The van der Waals surface area contributed by atoms with Gasteiger partial charge in [0.1, 0.15) is 5.82 Å². The van der Waals surface area contributed by atoms with Gasteiger partial charge < -0.3 is 16.2 Å². The Kier molecular flexibility index (Phi) is 5.19. The molecule has 0 radical (unpaired) electrons.